The third kappa shape index (κ3) is 1.95. The number of thioether (sulfide) groups is 1. The molecule has 0 aromatic rings. The summed E-state index contributed by atoms with van der Waals surface area (Å²) < 4.78 is 0. The third-order valence-corrected chi connectivity index (χ3v) is 9.52. The molecular weight excluding hydrogens is 288 g/mol. The predicted octanol–water partition coefficient (Wildman–Crippen LogP) is 4.98. The Morgan fingerprint density at radius 2 is 1.91 bits per heavy atom. The van der Waals surface area contributed by atoms with Gasteiger partial charge in [0, 0.05) is 0 Å². The second kappa shape index (κ2) is 5.41. The summed E-state index contributed by atoms with van der Waals surface area (Å²) >= 11 is 1.95. The molecule has 5 rings (SSSR count). The molecule has 0 radical (unpaired) electrons. The van der Waals surface area contributed by atoms with E-state index >= 15 is 0 Å². The molecule has 5 aliphatic rings. The van der Waals surface area contributed by atoms with E-state index in [2.05, 4.69) is 20.1 Å². The van der Waals surface area contributed by atoms with Gasteiger partial charge in [0.05, 0.1) is 6.10 Å². The van der Waals surface area contributed by atoms with Crippen LogP contribution in [-0.2, 0) is 0 Å². The van der Waals surface area contributed by atoms with Crippen LogP contribution in [0.15, 0.2) is 0 Å². The smallest absolute Gasteiger partial charge is 0.0637 e. The van der Waals surface area contributed by atoms with E-state index in [0.717, 1.165) is 23.7 Å². The molecule has 126 valence electrons. The summed E-state index contributed by atoms with van der Waals surface area (Å²) in [4.78, 5) is 0. The Bertz CT molecular complexity index is 437. The van der Waals surface area contributed by atoms with Gasteiger partial charge in [-0.1, -0.05) is 26.7 Å². The van der Waals surface area contributed by atoms with Crippen molar-refractivity contribution in [3.63, 3.8) is 0 Å². The minimum Gasteiger partial charge on any atom is -0.392 e. The Morgan fingerprint density at radius 1 is 1.14 bits per heavy atom. The number of hydrogen-bond donors (Lipinski definition) is 1. The second-order valence-corrected chi connectivity index (χ2v) is 10.3. The maximum Gasteiger partial charge on any atom is 0.0637 e. The van der Waals surface area contributed by atoms with Gasteiger partial charge in [-0.15, -0.1) is 0 Å². The molecule has 5 fully saturated rings. The van der Waals surface area contributed by atoms with Crippen LogP contribution in [0.2, 0.25) is 0 Å². The molecule has 0 saturated heterocycles. The van der Waals surface area contributed by atoms with Crippen LogP contribution in [0.25, 0.3) is 0 Å². The zero-order valence-corrected chi connectivity index (χ0v) is 15.5. The van der Waals surface area contributed by atoms with E-state index in [1.54, 1.807) is 0 Å². The van der Waals surface area contributed by atoms with Gasteiger partial charge in [-0.3, -0.25) is 0 Å². The van der Waals surface area contributed by atoms with Gasteiger partial charge in [0.15, 0.2) is 0 Å². The zero-order valence-electron chi connectivity index (χ0n) is 14.7. The van der Waals surface area contributed by atoms with Crippen LogP contribution >= 0.6 is 11.8 Å². The number of aliphatic hydroxyl groups is 1. The van der Waals surface area contributed by atoms with Crippen molar-refractivity contribution in [2.75, 3.05) is 12.0 Å². The van der Waals surface area contributed by atoms with Crippen LogP contribution in [0.3, 0.4) is 0 Å². The van der Waals surface area contributed by atoms with Gasteiger partial charge >= 0.3 is 0 Å². The van der Waals surface area contributed by atoms with E-state index in [1.807, 2.05) is 11.8 Å². The molecule has 5 saturated carbocycles. The largest absolute Gasteiger partial charge is 0.392 e. The fraction of sp³-hybridized carbons (Fsp3) is 1.00. The maximum absolute atomic E-state index is 11.3. The average Bonchev–Trinajstić information content (AvgIpc) is 2.50. The molecule has 1 N–H and O–H groups in total. The first-order valence-electron chi connectivity index (χ1n) is 9.70. The number of hydrogen-bond acceptors (Lipinski definition) is 2. The van der Waals surface area contributed by atoms with Gasteiger partial charge in [-0.25, -0.2) is 0 Å². The molecule has 0 heterocycles. The number of fused-ring (bicyclic) bond motifs is 3. The lowest BCUT2D eigenvalue weighted by atomic mass is 9.37. The van der Waals surface area contributed by atoms with Crippen molar-refractivity contribution in [2.45, 2.75) is 71.3 Å². The van der Waals surface area contributed by atoms with Crippen molar-refractivity contribution in [1.82, 2.24) is 0 Å². The summed E-state index contributed by atoms with van der Waals surface area (Å²) in [5, 5.41) is 11.3. The molecule has 0 unspecified atom stereocenters. The van der Waals surface area contributed by atoms with Crippen molar-refractivity contribution in [3.8, 4) is 0 Å². The topological polar surface area (TPSA) is 20.2 Å². The molecule has 22 heavy (non-hydrogen) atoms. The normalized spacial score (nSPS) is 57.3. The van der Waals surface area contributed by atoms with Gasteiger partial charge in [0.2, 0.25) is 0 Å². The van der Waals surface area contributed by atoms with Crippen LogP contribution in [0.1, 0.15) is 65.2 Å². The number of aliphatic hydroxyl groups excluding tert-OH is 1. The van der Waals surface area contributed by atoms with E-state index in [-0.39, 0.29) is 11.5 Å². The molecule has 0 aromatic heterocycles. The Kier molecular flexibility index (Phi) is 3.89. The Labute approximate surface area is 141 Å². The zero-order chi connectivity index (χ0) is 15.5. The lowest BCUT2D eigenvalue weighted by Crippen LogP contribution is -2.65. The Balaban J connectivity index is 1.69. The molecule has 0 aromatic carbocycles. The lowest BCUT2D eigenvalue weighted by Gasteiger charge is -2.69. The van der Waals surface area contributed by atoms with E-state index in [0.29, 0.717) is 11.3 Å². The van der Waals surface area contributed by atoms with Gasteiger partial charge < -0.3 is 5.11 Å². The highest BCUT2D eigenvalue weighted by Gasteiger charge is 2.65. The van der Waals surface area contributed by atoms with Crippen molar-refractivity contribution in [3.05, 3.63) is 0 Å². The minimum absolute atomic E-state index is 0.00698. The van der Waals surface area contributed by atoms with E-state index in [4.69, 9.17) is 0 Å². The summed E-state index contributed by atoms with van der Waals surface area (Å²) in [6.45, 7) is 5.13. The van der Waals surface area contributed by atoms with Crippen LogP contribution < -0.4 is 0 Å². The van der Waals surface area contributed by atoms with E-state index < -0.39 is 0 Å². The van der Waals surface area contributed by atoms with Gasteiger partial charge in [0.25, 0.3) is 0 Å². The molecule has 0 aliphatic heterocycles. The van der Waals surface area contributed by atoms with Crippen LogP contribution in [-0.4, -0.2) is 23.2 Å². The van der Waals surface area contributed by atoms with Crippen LogP contribution in [0.4, 0.5) is 0 Å². The summed E-state index contributed by atoms with van der Waals surface area (Å²) in [5.74, 6) is 5.23. The van der Waals surface area contributed by atoms with Crippen molar-refractivity contribution < 1.29 is 5.11 Å². The van der Waals surface area contributed by atoms with Gasteiger partial charge in [0.1, 0.15) is 0 Å². The highest BCUT2D eigenvalue weighted by molar-refractivity contribution is 7.98. The molecule has 0 amide bonds. The van der Waals surface area contributed by atoms with Crippen molar-refractivity contribution in [2.24, 2.45) is 40.4 Å². The number of rotatable bonds is 2. The van der Waals surface area contributed by atoms with Crippen molar-refractivity contribution >= 4 is 11.8 Å². The predicted molar refractivity (Wildman–Crippen MR) is 95.0 cm³/mol. The van der Waals surface area contributed by atoms with Crippen LogP contribution in [0.5, 0.6) is 0 Å². The SMILES string of the molecule is CSC[C@H]1[C@H]2CC[C@@]3(CC[C@@H]4[C@@H](C)CCC[C@@]4(C)[C@@H]3C2)[C@@H]1O. The summed E-state index contributed by atoms with van der Waals surface area (Å²) in [6, 6.07) is 0. The molecule has 5 aliphatic carbocycles. The Morgan fingerprint density at radius 3 is 2.68 bits per heavy atom. The standard InChI is InChI=1S/C20H34OS/c1-13-5-4-8-19(2)16(13)7-10-20-9-6-14(11-17(19)20)15(12-22-3)18(20)21/h13-18,21H,4-12H2,1-3H3/t13-,14-,15-,16+,17-,18+,19+,20-/m0/s1. The highest BCUT2D eigenvalue weighted by atomic mass is 32.2. The van der Waals surface area contributed by atoms with E-state index in [1.165, 1.54) is 57.1 Å². The highest BCUT2D eigenvalue weighted by Crippen LogP contribution is 2.70. The molecule has 2 bridgehead atoms. The minimum atomic E-state index is -0.00698. The molecular formula is C20H34OS. The molecule has 2 heteroatoms. The van der Waals surface area contributed by atoms with Crippen molar-refractivity contribution in [1.29, 1.82) is 0 Å². The van der Waals surface area contributed by atoms with Crippen LogP contribution in [0, 0.1) is 40.4 Å². The fourth-order valence-electron chi connectivity index (χ4n) is 7.82. The Hall–Kier alpha value is 0.310. The second-order valence-electron chi connectivity index (χ2n) is 9.40. The fourth-order valence-corrected chi connectivity index (χ4v) is 8.66. The first kappa shape index (κ1) is 15.8. The molecule has 1 nitrogen and oxygen atoms in total. The van der Waals surface area contributed by atoms with Gasteiger partial charge in [-0.05, 0) is 91.0 Å². The first-order chi connectivity index (χ1) is 10.5. The third-order valence-electron chi connectivity index (χ3n) is 8.80. The summed E-state index contributed by atoms with van der Waals surface area (Å²) in [7, 11) is 0. The monoisotopic (exact) mass is 322 g/mol. The quantitative estimate of drug-likeness (QED) is 0.774. The average molecular weight is 323 g/mol. The van der Waals surface area contributed by atoms with E-state index in [9.17, 15) is 5.11 Å². The maximum atomic E-state index is 11.3. The summed E-state index contributed by atoms with van der Waals surface area (Å²) in [5.41, 5.74) is 0.817. The molecule has 1 spiro atoms. The summed E-state index contributed by atoms with van der Waals surface area (Å²) in [6.07, 6.45) is 13.4. The first-order valence-corrected chi connectivity index (χ1v) is 11.1. The molecule has 8 atom stereocenters. The lowest BCUT2D eigenvalue weighted by molar-refractivity contribution is -0.229. The van der Waals surface area contributed by atoms with Gasteiger partial charge in [-0.2, -0.15) is 11.8 Å².